The number of thiazole rings is 1. The van der Waals surface area contributed by atoms with Gasteiger partial charge in [0.05, 0.1) is 21.8 Å². The van der Waals surface area contributed by atoms with E-state index < -0.39 is 5.97 Å². The summed E-state index contributed by atoms with van der Waals surface area (Å²) < 4.78 is 8.32. The Hall–Kier alpha value is -4.75. The van der Waals surface area contributed by atoms with E-state index in [0.29, 0.717) is 26.4 Å². The van der Waals surface area contributed by atoms with Gasteiger partial charge in [0.2, 0.25) is 0 Å². The van der Waals surface area contributed by atoms with E-state index in [-0.39, 0.29) is 17.2 Å². The average Bonchev–Trinajstić information content (AvgIpc) is 3.56. The molecule has 190 valence electrons. The molecule has 0 amide bonds. The number of rotatable bonds is 4. The summed E-state index contributed by atoms with van der Waals surface area (Å²) in [7, 11) is 0. The van der Waals surface area contributed by atoms with E-state index in [1.165, 1.54) is 16.9 Å². The second-order valence-electron chi connectivity index (χ2n) is 9.58. The van der Waals surface area contributed by atoms with Crippen molar-refractivity contribution in [2.45, 2.75) is 18.9 Å². The van der Waals surface area contributed by atoms with Gasteiger partial charge in [0.1, 0.15) is 11.5 Å². The maximum atomic E-state index is 13.9. The van der Waals surface area contributed by atoms with E-state index in [4.69, 9.17) is 9.41 Å². The SMILES string of the molecule is O=C(O)c1ccccc1-c1ccc(/C=c2\sc3n(c2=O)C(c2ccccc2)C2=C(N=3)c3ccccc3CC2)o1. The zero-order chi connectivity index (χ0) is 26.5. The first kappa shape index (κ1) is 23.4. The van der Waals surface area contributed by atoms with E-state index in [1.54, 1.807) is 42.5 Å². The van der Waals surface area contributed by atoms with E-state index in [0.717, 1.165) is 35.2 Å². The average molecular weight is 531 g/mol. The summed E-state index contributed by atoms with van der Waals surface area (Å²) in [6, 6.07) is 28.4. The van der Waals surface area contributed by atoms with Gasteiger partial charge < -0.3 is 9.52 Å². The Bertz CT molecular complexity index is 1980. The molecule has 2 aromatic heterocycles. The van der Waals surface area contributed by atoms with Crippen molar-refractivity contribution in [1.29, 1.82) is 0 Å². The number of aromatic nitrogens is 1. The molecule has 0 saturated carbocycles. The van der Waals surface area contributed by atoms with Gasteiger partial charge in [-0.1, -0.05) is 84.1 Å². The Balaban J connectivity index is 1.39. The zero-order valence-electron chi connectivity index (χ0n) is 20.7. The summed E-state index contributed by atoms with van der Waals surface area (Å²) in [4.78, 5) is 31.2. The largest absolute Gasteiger partial charge is 0.478 e. The van der Waals surface area contributed by atoms with Crippen molar-refractivity contribution in [3.63, 3.8) is 0 Å². The molecule has 1 N–H and O–H groups in total. The number of nitrogens with zero attached hydrogens (tertiary/aromatic N) is 2. The molecule has 0 bridgehead atoms. The normalized spacial score (nSPS) is 16.3. The Morgan fingerprint density at radius 2 is 1.67 bits per heavy atom. The highest BCUT2D eigenvalue weighted by atomic mass is 32.1. The van der Waals surface area contributed by atoms with Crippen LogP contribution in [0.25, 0.3) is 23.1 Å². The molecule has 0 spiro atoms. The predicted molar refractivity (Wildman–Crippen MR) is 150 cm³/mol. The minimum Gasteiger partial charge on any atom is -0.478 e. The molecule has 1 aliphatic heterocycles. The molecule has 3 heterocycles. The lowest BCUT2D eigenvalue weighted by molar-refractivity contribution is 0.0697. The summed E-state index contributed by atoms with van der Waals surface area (Å²) in [5.74, 6) is -0.120. The second kappa shape index (κ2) is 9.22. The van der Waals surface area contributed by atoms with Gasteiger partial charge in [0.25, 0.3) is 5.56 Å². The van der Waals surface area contributed by atoms with Crippen LogP contribution in [0.2, 0.25) is 0 Å². The fraction of sp³-hybridized carbons (Fsp3) is 0.0938. The highest BCUT2D eigenvalue weighted by Gasteiger charge is 2.32. The molecule has 5 aromatic rings. The second-order valence-corrected chi connectivity index (χ2v) is 10.6. The van der Waals surface area contributed by atoms with Crippen LogP contribution in [-0.2, 0) is 6.42 Å². The zero-order valence-corrected chi connectivity index (χ0v) is 21.5. The van der Waals surface area contributed by atoms with Crippen LogP contribution in [0.3, 0.4) is 0 Å². The molecule has 2 aliphatic rings. The first-order valence-electron chi connectivity index (χ1n) is 12.7. The minimum atomic E-state index is -1.02. The molecular formula is C32H22N2O4S. The van der Waals surface area contributed by atoms with Crippen LogP contribution in [0.1, 0.15) is 45.3 Å². The highest BCUT2D eigenvalue weighted by Crippen LogP contribution is 2.41. The number of carboxylic acid groups (broad SMARTS) is 1. The van der Waals surface area contributed by atoms with Crippen molar-refractivity contribution < 1.29 is 14.3 Å². The number of benzene rings is 3. The third-order valence-electron chi connectivity index (χ3n) is 7.31. The molecule has 1 atom stereocenters. The maximum Gasteiger partial charge on any atom is 0.336 e. The molecular weight excluding hydrogens is 508 g/mol. The number of carboxylic acids is 1. The van der Waals surface area contributed by atoms with Crippen molar-refractivity contribution >= 4 is 29.1 Å². The van der Waals surface area contributed by atoms with Gasteiger partial charge in [-0.05, 0) is 47.7 Å². The summed E-state index contributed by atoms with van der Waals surface area (Å²) in [6.45, 7) is 0. The van der Waals surface area contributed by atoms with Crippen molar-refractivity contribution in [2.24, 2.45) is 4.99 Å². The number of carbonyl (C=O) groups is 1. The van der Waals surface area contributed by atoms with Crippen molar-refractivity contribution in [1.82, 2.24) is 4.57 Å². The third kappa shape index (κ3) is 3.90. The minimum absolute atomic E-state index is 0.123. The van der Waals surface area contributed by atoms with Gasteiger partial charge in [0.15, 0.2) is 4.80 Å². The number of aromatic carboxylic acids is 1. The van der Waals surface area contributed by atoms with Crippen molar-refractivity contribution in [3.8, 4) is 11.3 Å². The number of aryl methyl sites for hydroxylation is 1. The highest BCUT2D eigenvalue weighted by molar-refractivity contribution is 7.07. The summed E-state index contributed by atoms with van der Waals surface area (Å²) in [5, 5.41) is 9.56. The van der Waals surface area contributed by atoms with Crippen LogP contribution in [0.15, 0.2) is 111 Å². The molecule has 7 rings (SSSR count). The van der Waals surface area contributed by atoms with Gasteiger partial charge in [-0.3, -0.25) is 9.36 Å². The van der Waals surface area contributed by atoms with E-state index in [1.807, 2.05) is 28.8 Å². The molecule has 0 fully saturated rings. The summed E-state index contributed by atoms with van der Waals surface area (Å²) in [5.41, 5.74) is 6.10. The predicted octanol–water partition coefficient (Wildman–Crippen LogP) is 5.28. The lowest BCUT2D eigenvalue weighted by Gasteiger charge is -2.30. The van der Waals surface area contributed by atoms with Crippen LogP contribution in [-0.4, -0.2) is 15.6 Å². The van der Waals surface area contributed by atoms with Gasteiger partial charge in [-0.25, -0.2) is 9.79 Å². The number of hydrogen-bond acceptors (Lipinski definition) is 5. The first-order valence-corrected chi connectivity index (χ1v) is 13.5. The van der Waals surface area contributed by atoms with Gasteiger partial charge in [0, 0.05) is 17.2 Å². The Kier molecular flexibility index (Phi) is 5.52. The van der Waals surface area contributed by atoms with Crippen LogP contribution < -0.4 is 14.9 Å². The number of furan rings is 1. The number of fused-ring (bicyclic) bond motifs is 3. The number of hydrogen-bond donors (Lipinski definition) is 1. The lowest BCUT2D eigenvalue weighted by Crippen LogP contribution is -2.38. The lowest BCUT2D eigenvalue weighted by atomic mass is 9.83. The monoisotopic (exact) mass is 530 g/mol. The van der Waals surface area contributed by atoms with Crippen LogP contribution in [0.4, 0.5) is 0 Å². The van der Waals surface area contributed by atoms with E-state index in [9.17, 15) is 14.7 Å². The molecule has 1 aliphatic carbocycles. The van der Waals surface area contributed by atoms with Crippen molar-refractivity contribution in [2.75, 3.05) is 0 Å². The van der Waals surface area contributed by atoms with Crippen LogP contribution in [0.5, 0.6) is 0 Å². The molecule has 1 unspecified atom stereocenters. The quantitative estimate of drug-likeness (QED) is 0.343. The van der Waals surface area contributed by atoms with Gasteiger partial charge >= 0.3 is 5.97 Å². The van der Waals surface area contributed by atoms with Crippen LogP contribution in [0, 0.1) is 0 Å². The van der Waals surface area contributed by atoms with E-state index >= 15 is 0 Å². The first-order chi connectivity index (χ1) is 19.1. The molecule has 6 nitrogen and oxygen atoms in total. The Morgan fingerprint density at radius 1 is 0.923 bits per heavy atom. The third-order valence-corrected chi connectivity index (χ3v) is 8.29. The topological polar surface area (TPSA) is 84.8 Å². The van der Waals surface area contributed by atoms with Gasteiger partial charge in [-0.2, -0.15) is 0 Å². The molecule has 0 radical (unpaired) electrons. The standard InChI is InChI=1S/C32H22N2O4S/c35-30-27(18-21-15-17-26(38-21)23-12-6-7-13-24(23)31(36)37)39-32-33-28-22-11-5-4-8-19(22)14-16-25(28)29(34(30)32)20-9-2-1-3-10-20/h1-13,15,17-18,29H,14,16H2,(H,36,37)/b27-18-. The van der Waals surface area contributed by atoms with Crippen molar-refractivity contribution in [3.05, 3.63) is 144 Å². The fourth-order valence-corrected chi connectivity index (χ4v) is 6.53. The molecule has 3 aromatic carbocycles. The molecule has 0 saturated heterocycles. The summed E-state index contributed by atoms with van der Waals surface area (Å²) >= 11 is 1.34. The summed E-state index contributed by atoms with van der Waals surface area (Å²) in [6.07, 6.45) is 3.46. The Morgan fingerprint density at radius 3 is 2.49 bits per heavy atom. The van der Waals surface area contributed by atoms with E-state index in [2.05, 4.69) is 30.3 Å². The number of allylic oxidation sites excluding steroid dienone is 1. The smallest absolute Gasteiger partial charge is 0.336 e. The fourth-order valence-electron chi connectivity index (χ4n) is 5.55. The molecule has 7 heteroatoms. The van der Waals surface area contributed by atoms with Crippen LogP contribution >= 0.6 is 11.3 Å². The molecule has 39 heavy (non-hydrogen) atoms. The van der Waals surface area contributed by atoms with Gasteiger partial charge in [-0.15, -0.1) is 0 Å². The maximum absolute atomic E-state index is 13.9. The Labute approximate surface area is 227 Å².